The summed E-state index contributed by atoms with van der Waals surface area (Å²) in [5, 5.41) is 12.2. The number of ether oxygens (including phenoxy) is 1. The van der Waals surface area contributed by atoms with Crippen LogP contribution in [0.3, 0.4) is 0 Å². The number of amides is 1. The largest absolute Gasteiger partial charge is 0.478 e. The second kappa shape index (κ2) is 7.99. The number of nitrogens with one attached hydrogen (secondary N) is 1. The number of alkyl carbamates (subject to hydrolysis) is 1. The molecule has 5 heteroatoms. The molecule has 0 bridgehead atoms. The first kappa shape index (κ1) is 19.7. The minimum atomic E-state index is -0.952. The molecule has 24 heavy (non-hydrogen) atoms. The van der Waals surface area contributed by atoms with Gasteiger partial charge in [0.15, 0.2) is 0 Å². The van der Waals surface area contributed by atoms with Crippen molar-refractivity contribution in [3.05, 3.63) is 47.5 Å². The first-order valence-electron chi connectivity index (χ1n) is 7.96. The molecule has 1 rings (SSSR count). The Kier molecular flexibility index (Phi) is 6.58. The van der Waals surface area contributed by atoms with E-state index in [1.165, 1.54) is 0 Å². The van der Waals surface area contributed by atoms with Gasteiger partial charge in [-0.15, -0.1) is 0 Å². The van der Waals surface area contributed by atoms with Crippen molar-refractivity contribution in [1.82, 2.24) is 5.32 Å². The molecule has 132 valence electrons. The SMILES string of the molecule is CC(C)(C/C=C(\Cc1ccccc1)C(=O)O)NC(=O)OC(C)(C)C. The van der Waals surface area contributed by atoms with Crippen LogP contribution in [0.5, 0.6) is 0 Å². The molecule has 0 aliphatic rings. The fourth-order valence-corrected chi connectivity index (χ4v) is 2.06. The van der Waals surface area contributed by atoms with Gasteiger partial charge in [0.05, 0.1) is 0 Å². The number of carboxylic acids is 1. The highest BCUT2D eigenvalue weighted by Gasteiger charge is 2.24. The van der Waals surface area contributed by atoms with E-state index in [0.717, 1.165) is 5.56 Å². The molecule has 0 atom stereocenters. The van der Waals surface area contributed by atoms with Crippen molar-refractivity contribution in [1.29, 1.82) is 0 Å². The zero-order chi connectivity index (χ0) is 18.4. The van der Waals surface area contributed by atoms with Crippen LogP contribution in [0.2, 0.25) is 0 Å². The van der Waals surface area contributed by atoms with Gasteiger partial charge >= 0.3 is 12.1 Å². The second-order valence-electron chi connectivity index (χ2n) is 7.41. The van der Waals surface area contributed by atoms with Crippen molar-refractivity contribution >= 4 is 12.1 Å². The van der Waals surface area contributed by atoms with E-state index >= 15 is 0 Å². The average Bonchev–Trinajstić information content (AvgIpc) is 2.41. The molecule has 0 saturated heterocycles. The van der Waals surface area contributed by atoms with Crippen LogP contribution in [-0.4, -0.2) is 28.3 Å². The fourth-order valence-electron chi connectivity index (χ4n) is 2.06. The molecule has 0 aliphatic heterocycles. The highest BCUT2D eigenvalue weighted by molar-refractivity contribution is 5.87. The summed E-state index contributed by atoms with van der Waals surface area (Å²) in [5.41, 5.74) is 0.0549. The number of hydrogen-bond donors (Lipinski definition) is 2. The second-order valence-corrected chi connectivity index (χ2v) is 7.41. The number of aliphatic carboxylic acids is 1. The minimum absolute atomic E-state index is 0.306. The first-order chi connectivity index (χ1) is 11.0. The zero-order valence-electron chi connectivity index (χ0n) is 15.1. The van der Waals surface area contributed by atoms with E-state index in [-0.39, 0.29) is 0 Å². The smallest absolute Gasteiger partial charge is 0.408 e. The molecule has 0 heterocycles. The molecule has 1 aromatic rings. The molecule has 5 nitrogen and oxygen atoms in total. The first-order valence-corrected chi connectivity index (χ1v) is 7.96. The lowest BCUT2D eigenvalue weighted by molar-refractivity contribution is -0.132. The number of carboxylic acid groups (broad SMARTS) is 1. The van der Waals surface area contributed by atoms with Gasteiger partial charge < -0.3 is 15.2 Å². The third-order valence-corrected chi connectivity index (χ3v) is 3.21. The Balaban J connectivity index is 2.74. The molecule has 0 radical (unpaired) electrons. The highest BCUT2D eigenvalue weighted by Crippen LogP contribution is 2.16. The van der Waals surface area contributed by atoms with Crippen molar-refractivity contribution in [2.24, 2.45) is 0 Å². The van der Waals surface area contributed by atoms with E-state index in [4.69, 9.17) is 4.74 Å². The van der Waals surface area contributed by atoms with Gasteiger partial charge in [-0.05, 0) is 46.6 Å². The molecular formula is C19H27NO4. The number of carbonyl (C=O) groups is 2. The van der Waals surface area contributed by atoms with E-state index in [1.54, 1.807) is 26.8 Å². The average molecular weight is 333 g/mol. The molecule has 0 fully saturated rings. The van der Waals surface area contributed by atoms with Gasteiger partial charge in [-0.1, -0.05) is 36.4 Å². The lowest BCUT2D eigenvalue weighted by atomic mass is 9.96. The predicted molar refractivity (Wildman–Crippen MR) is 93.9 cm³/mol. The van der Waals surface area contributed by atoms with Crippen molar-refractivity contribution < 1.29 is 19.4 Å². The predicted octanol–water partition coefficient (Wildman–Crippen LogP) is 3.93. The van der Waals surface area contributed by atoms with Gasteiger partial charge in [0.1, 0.15) is 5.60 Å². The molecular weight excluding hydrogens is 306 g/mol. The maximum Gasteiger partial charge on any atom is 0.408 e. The van der Waals surface area contributed by atoms with E-state index in [0.29, 0.717) is 18.4 Å². The van der Waals surface area contributed by atoms with E-state index < -0.39 is 23.2 Å². The lowest BCUT2D eigenvalue weighted by Gasteiger charge is -2.28. The van der Waals surface area contributed by atoms with Crippen LogP contribution in [0.4, 0.5) is 4.79 Å². The van der Waals surface area contributed by atoms with E-state index in [9.17, 15) is 14.7 Å². The van der Waals surface area contributed by atoms with Gasteiger partial charge in [0.2, 0.25) is 0 Å². The third kappa shape index (κ3) is 7.81. The van der Waals surface area contributed by atoms with E-state index in [1.807, 2.05) is 44.2 Å². The van der Waals surface area contributed by atoms with Gasteiger partial charge in [0, 0.05) is 17.5 Å². The summed E-state index contributed by atoms with van der Waals surface area (Å²) in [6, 6.07) is 9.43. The summed E-state index contributed by atoms with van der Waals surface area (Å²) in [5.74, 6) is -0.952. The summed E-state index contributed by atoms with van der Waals surface area (Å²) in [6.45, 7) is 9.04. The topological polar surface area (TPSA) is 75.6 Å². The number of carbonyl (C=O) groups excluding carboxylic acids is 1. The van der Waals surface area contributed by atoms with Gasteiger partial charge in [0.25, 0.3) is 0 Å². The van der Waals surface area contributed by atoms with Crippen LogP contribution < -0.4 is 5.32 Å². The standard InChI is InChI=1S/C19H27NO4/c1-18(2,3)24-17(23)20-19(4,5)12-11-15(16(21)22)13-14-9-7-6-8-10-14/h6-11H,12-13H2,1-5H3,(H,20,23)(H,21,22)/b15-11+. The van der Waals surface area contributed by atoms with Crippen LogP contribution in [0.1, 0.15) is 46.6 Å². The Morgan fingerprint density at radius 2 is 1.71 bits per heavy atom. The maximum absolute atomic E-state index is 11.9. The molecule has 1 aromatic carbocycles. The Labute approximate surface area is 143 Å². The highest BCUT2D eigenvalue weighted by atomic mass is 16.6. The quantitative estimate of drug-likeness (QED) is 0.773. The van der Waals surface area contributed by atoms with Crippen LogP contribution >= 0.6 is 0 Å². The zero-order valence-corrected chi connectivity index (χ0v) is 15.1. The summed E-state index contributed by atoms with van der Waals surface area (Å²) >= 11 is 0. The summed E-state index contributed by atoms with van der Waals surface area (Å²) < 4.78 is 5.24. The summed E-state index contributed by atoms with van der Waals surface area (Å²) in [6.07, 6.45) is 1.88. The molecule has 2 N–H and O–H groups in total. The van der Waals surface area contributed by atoms with Gasteiger partial charge in [-0.3, -0.25) is 0 Å². The molecule has 0 unspecified atom stereocenters. The monoisotopic (exact) mass is 333 g/mol. The van der Waals surface area contributed by atoms with Gasteiger partial charge in [-0.25, -0.2) is 9.59 Å². The fraction of sp³-hybridized carbons (Fsp3) is 0.474. The number of rotatable bonds is 6. The van der Waals surface area contributed by atoms with Crippen molar-refractivity contribution in [3.63, 3.8) is 0 Å². The Hall–Kier alpha value is -2.30. The van der Waals surface area contributed by atoms with Crippen LogP contribution in [-0.2, 0) is 16.0 Å². The van der Waals surface area contributed by atoms with Crippen LogP contribution in [0.15, 0.2) is 42.0 Å². The Morgan fingerprint density at radius 1 is 1.12 bits per heavy atom. The van der Waals surface area contributed by atoms with Crippen molar-refractivity contribution in [3.8, 4) is 0 Å². The summed E-state index contributed by atoms with van der Waals surface area (Å²) in [4.78, 5) is 23.3. The van der Waals surface area contributed by atoms with Crippen LogP contribution in [0, 0.1) is 0 Å². The van der Waals surface area contributed by atoms with Crippen molar-refractivity contribution in [2.45, 2.75) is 58.6 Å². The van der Waals surface area contributed by atoms with Crippen LogP contribution in [0.25, 0.3) is 0 Å². The number of benzene rings is 1. The molecule has 0 aromatic heterocycles. The lowest BCUT2D eigenvalue weighted by Crippen LogP contribution is -2.45. The molecule has 1 amide bonds. The molecule has 0 spiro atoms. The molecule has 0 aliphatic carbocycles. The molecule has 0 saturated carbocycles. The third-order valence-electron chi connectivity index (χ3n) is 3.21. The summed E-state index contributed by atoms with van der Waals surface area (Å²) in [7, 11) is 0. The van der Waals surface area contributed by atoms with Gasteiger partial charge in [-0.2, -0.15) is 0 Å². The minimum Gasteiger partial charge on any atom is -0.478 e. The maximum atomic E-state index is 11.9. The number of hydrogen-bond acceptors (Lipinski definition) is 3. The normalized spacial score (nSPS) is 12.6. The Morgan fingerprint density at radius 3 is 2.21 bits per heavy atom. The van der Waals surface area contributed by atoms with E-state index in [2.05, 4.69) is 5.32 Å². The van der Waals surface area contributed by atoms with Crippen molar-refractivity contribution in [2.75, 3.05) is 0 Å². The Bertz CT molecular complexity index is 598.